The molecule has 64 valence electrons. The Morgan fingerprint density at radius 3 is 3.08 bits per heavy atom. The van der Waals surface area contributed by atoms with Gasteiger partial charge in [-0.1, -0.05) is 43.7 Å². The Labute approximate surface area is 73.5 Å². The van der Waals surface area contributed by atoms with E-state index in [1.54, 1.807) is 0 Å². The molecule has 1 heteroatoms. The molecule has 1 aliphatic rings. The molecule has 0 fully saturated rings. The van der Waals surface area contributed by atoms with Crippen molar-refractivity contribution in [3.05, 3.63) is 36.0 Å². The predicted octanol–water partition coefficient (Wildman–Crippen LogP) is 2.80. The van der Waals surface area contributed by atoms with E-state index in [0.29, 0.717) is 6.42 Å². The maximum atomic E-state index is 11.2. The van der Waals surface area contributed by atoms with Gasteiger partial charge in [-0.25, -0.2) is 0 Å². The number of ketones is 1. The SMILES string of the molecule is CCCC=CC1=CC=CCC1=O. The van der Waals surface area contributed by atoms with E-state index in [1.165, 1.54) is 0 Å². The highest BCUT2D eigenvalue weighted by molar-refractivity contribution is 6.00. The minimum absolute atomic E-state index is 0.227. The molecule has 0 aromatic rings. The number of hydrogen-bond acceptors (Lipinski definition) is 1. The number of allylic oxidation sites excluding steroid dienone is 6. The number of Topliss-reactive ketones (excluding diaryl/α,β-unsaturated/α-hetero) is 1. The van der Waals surface area contributed by atoms with Crippen LogP contribution in [0.1, 0.15) is 26.2 Å². The van der Waals surface area contributed by atoms with Gasteiger partial charge in [0.15, 0.2) is 5.78 Å². The zero-order chi connectivity index (χ0) is 8.81. The van der Waals surface area contributed by atoms with Crippen molar-refractivity contribution in [1.29, 1.82) is 0 Å². The van der Waals surface area contributed by atoms with E-state index in [0.717, 1.165) is 18.4 Å². The number of carbonyl (C=O) groups excluding carboxylic acids is 1. The van der Waals surface area contributed by atoms with Gasteiger partial charge in [-0.15, -0.1) is 0 Å². The van der Waals surface area contributed by atoms with Gasteiger partial charge in [-0.3, -0.25) is 4.79 Å². The Morgan fingerprint density at radius 2 is 2.42 bits per heavy atom. The summed E-state index contributed by atoms with van der Waals surface area (Å²) in [5.41, 5.74) is 0.839. The van der Waals surface area contributed by atoms with Crippen LogP contribution in [0.5, 0.6) is 0 Å². The average molecular weight is 162 g/mol. The van der Waals surface area contributed by atoms with Crippen LogP contribution in [0, 0.1) is 0 Å². The Morgan fingerprint density at radius 1 is 1.58 bits per heavy atom. The number of unbranched alkanes of at least 4 members (excludes halogenated alkanes) is 1. The summed E-state index contributed by atoms with van der Waals surface area (Å²) in [6.07, 6.45) is 12.4. The van der Waals surface area contributed by atoms with Crippen molar-refractivity contribution < 1.29 is 4.79 Å². The number of rotatable bonds is 3. The van der Waals surface area contributed by atoms with Gasteiger partial charge in [0.25, 0.3) is 0 Å². The number of hydrogen-bond donors (Lipinski definition) is 0. The van der Waals surface area contributed by atoms with E-state index in [-0.39, 0.29) is 5.78 Å². The fourth-order valence-corrected chi connectivity index (χ4v) is 1.08. The predicted molar refractivity (Wildman–Crippen MR) is 50.9 cm³/mol. The summed E-state index contributed by atoms with van der Waals surface area (Å²) in [4.78, 5) is 11.2. The summed E-state index contributed by atoms with van der Waals surface area (Å²) in [6, 6.07) is 0. The van der Waals surface area contributed by atoms with Gasteiger partial charge in [0, 0.05) is 12.0 Å². The molecular weight excluding hydrogens is 148 g/mol. The van der Waals surface area contributed by atoms with Crippen molar-refractivity contribution in [2.24, 2.45) is 0 Å². The lowest BCUT2D eigenvalue weighted by molar-refractivity contribution is -0.114. The smallest absolute Gasteiger partial charge is 0.166 e. The molecule has 1 nitrogen and oxygen atoms in total. The molecule has 0 amide bonds. The standard InChI is InChI=1S/C11H14O/c1-2-3-4-7-10-8-5-6-9-11(10)12/h4-8H,2-3,9H2,1H3. The fraction of sp³-hybridized carbons (Fsp3) is 0.364. The quantitative estimate of drug-likeness (QED) is 0.623. The van der Waals surface area contributed by atoms with Crippen LogP contribution >= 0.6 is 0 Å². The Hall–Kier alpha value is -1.11. The zero-order valence-electron chi connectivity index (χ0n) is 7.42. The lowest BCUT2D eigenvalue weighted by atomic mass is 10.0. The molecule has 0 radical (unpaired) electrons. The lowest BCUT2D eigenvalue weighted by Crippen LogP contribution is -2.00. The van der Waals surface area contributed by atoms with E-state index < -0.39 is 0 Å². The summed E-state index contributed by atoms with van der Waals surface area (Å²) < 4.78 is 0. The summed E-state index contributed by atoms with van der Waals surface area (Å²) in [5.74, 6) is 0.227. The van der Waals surface area contributed by atoms with Crippen LogP contribution in [0.15, 0.2) is 36.0 Å². The first-order valence-electron chi connectivity index (χ1n) is 4.41. The highest BCUT2D eigenvalue weighted by Gasteiger charge is 2.05. The minimum Gasteiger partial charge on any atom is -0.294 e. The van der Waals surface area contributed by atoms with Gasteiger partial charge in [-0.05, 0) is 6.42 Å². The Kier molecular flexibility index (Phi) is 3.52. The molecule has 0 aromatic heterocycles. The Bertz CT molecular complexity index is 244. The topological polar surface area (TPSA) is 17.1 Å². The van der Waals surface area contributed by atoms with Crippen LogP contribution in [-0.4, -0.2) is 5.78 Å². The molecule has 0 bridgehead atoms. The average Bonchev–Trinajstić information content (AvgIpc) is 2.09. The van der Waals surface area contributed by atoms with Crippen molar-refractivity contribution in [3.8, 4) is 0 Å². The van der Waals surface area contributed by atoms with Crippen molar-refractivity contribution >= 4 is 5.78 Å². The first-order chi connectivity index (χ1) is 5.84. The first-order valence-corrected chi connectivity index (χ1v) is 4.41. The third-order valence-electron chi connectivity index (χ3n) is 1.79. The second-order valence-corrected chi connectivity index (χ2v) is 2.87. The van der Waals surface area contributed by atoms with Crippen LogP contribution in [0.4, 0.5) is 0 Å². The van der Waals surface area contributed by atoms with E-state index in [4.69, 9.17) is 0 Å². The highest BCUT2D eigenvalue weighted by Crippen LogP contribution is 2.09. The van der Waals surface area contributed by atoms with Crippen LogP contribution in [0.3, 0.4) is 0 Å². The van der Waals surface area contributed by atoms with Crippen molar-refractivity contribution in [2.75, 3.05) is 0 Å². The van der Waals surface area contributed by atoms with Crippen LogP contribution in [0.2, 0.25) is 0 Å². The van der Waals surface area contributed by atoms with Crippen molar-refractivity contribution in [1.82, 2.24) is 0 Å². The van der Waals surface area contributed by atoms with Crippen LogP contribution in [-0.2, 0) is 4.79 Å². The van der Waals surface area contributed by atoms with Gasteiger partial charge >= 0.3 is 0 Å². The largest absolute Gasteiger partial charge is 0.294 e. The monoisotopic (exact) mass is 162 g/mol. The number of carbonyl (C=O) groups is 1. The first kappa shape index (κ1) is 8.98. The highest BCUT2D eigenvalue weighted by atomic mass is 16.1. The summed E-state index contributed by atoms with van der Waals surface area (Å²) in [7, 11) is 0. The van der Waals surface area contributed by atoms with Gasteiger partial charge in [-0.2, -0.15) is 0 Å². The molecule has 1 aliphatic carbocycles. The second-order valence-electron chi connectivity index (χ2n) is 2.87. The third kappa shape index (κ3) is 2.50. The third-order valence-corrected chi connectivity index (χ3v) is 1.79. The molecule has 1 rings (SSSR count). The summed E-state index contributed by atoms with van der Waals surface area (Å²) in [5, 5.41) is 0. The molecule has 0 saturated carbocycles. The van der Waals surface area contributed by atoms with Gasteiger partial charge < -0.3 is 0 Å². The van der Waals surface area contributed by atoms with Gasteiger partial charge in [0.2, 0.25) is 0 Å². The minimum atomic E-state index is 0.227. The van der Waals surface area contributed by atoms with E-state index in [2.05, 4.69) is 13.0 Å². The molecule has 0 aliphatic heterocycles. The van der Waals surface area contributed by atoms with E-state index in [1.807, 2.05) is 24.3 Å². The normalized spacial score (nSPS) is 17.1. The fourth-order valence-electron chi connectivity index (χ4n) is 1.08. The van der Waals surface area contributed by atoms with Gasteiger partial charge in [0.1, 0.15) is 0 Å². The van der Waals surface area contributed by atoms with E-state index in [9.17, 15) is 4.79 Å². The summed E-state index contributed by atoms with van der Waals surface area (Å²) >= 11 is 0. The van der Waals surface area contributed by atoms with Gasteiger partial charge in [0.05, 0.1) is 0 Å². The lowest BCUT2D eigenvalue weighted by Gasteiger charge is -2.01. The molecule has 0 unspecified atom stereocenters. The van der Waals surface area contributed by atoms with Crippen LogP contribution < -0.4 is 0 Å². The maximum Gasteiger partial charge on any atom is 0.166 e. The Balaban J connectivity index is 2.55. The molecule has 0 spiro atoms. The van der Waals surface area contributed by atoms with Crippen LogP contribution in [0.25, 0.3) is 0 Å². The molecule has 12 heavy (non-hydrogen) atoms. The van der Waals surface area contributed by atoms with Crippen molar-refractivity contribution in [2.45, 2.75) is 26.2 Å². The van der Waals surface area contributed by atoms with Crippen molar-refractivity contribution in [3.63, 3.8) is 0 Å². The summed E-state index contributed by atoms with van der Waals surface area (Å²) in [6.45, 7) is 2.13. The maximum absolute atomic E-state index is 11.2. The molecule has 0 N–H and O–H groups in total. The van der Waals surface area contributed by atoms with E-state index >= 15 is 0 Å². The second kappa shape index (κ2) is 4.70. The molecule has 0 heterocycles. The zero-order valence-corrected chi connectivity index (χ0v) is 7.42. The molecule has 0 aromatic carbocycles. The molecule has 0 saturated heterocycles. The molecular formula is C11H14O. The molecule has 0 atom stereocenters.